The van der Waals surface area contributed by atoms with Crippen molar-refractivity contribution in [3.8, 4) is 23.0 Å². The largest absolute Gasteiger partial charge is 0.454 e. The first-order valence-corrected chi connectivity index (χ1v) is 9.20. The van der Waals surface area contributed by atoms with Crippen molar-refractivity contribution in [2.45, 2.75) is 27.6 Å². The van der Waals surface area contributed by atoms with Gasteiger partial charge in [-0.3, -0.25) is 9.55 Å². The van der Waals surface area contributed by atoms with Crippen molar-refractivity contribution >= 4 is 21.9 Å². The van der Waals surface area contributed by atoms with Gasteiger partial charge in [-0.25, -0.2) is 0 Å². The van der Waals surface area contributed by atoms with Gasteiger partial charge in [0.1, 0.15) is 28.9 Å². The van der Waals surface area contributed by atoms with Crippen LogP contribution in [-0.2, 0) is 0 Å². The van der Waals surface area contributed by atoms with Gasteiger partial charge in [0.15, 0.2) is 5.58 Å². The van der Waals surface area contributed by atoms with E-state index in [2.05, 4.69) is 21.3 Å². The Labute approximate surface area is 181 Å². The van der Waals surface area contributed by atoms with E-state index in [1.165, 1.54) is 6.07 Å². The molecule has 30 heavy (non-hydrogen) atoms. The summed E-state index contributed by atoms with van der Waals surface area (Å²) in [6.45, 7) is -1.70. The molecule has 146 valence electrons. The lowest BCUT2D eigenvalue weighted by molar-refractivity contribution is 0.667. The van der Waals surface area contributed by atoms with Gasteiger partial charge in [0.05, 0.1) is 11.4 Å². The van der Waals surface area contributed by atoms with Gasteiger partial charge in [-0.15, -0.1) is 10.2 Å². The number of hydrogen-bond donors (Lipinski definition) is 0. The molecule has 0 aliphatic carbocycles. The van der Waals surface area contributed by atoms with E-state index >= 15 is 0 Å². The second kappa shape index (κ2) is 6.53. The number of benzene rings is 2. The van der Waals surface area contributed by atoms with Crippen LogP contribution in [0.5, 0.6) is 0 Å². The molecule has 0 spiro atoms. The zero-order valence-electron chi connectivity index (χ0n) is 22.2. The highest BCUT2D eigenvalue weighted by Crippen LogP contribution is 2.38. The predicted octanol–water partition coefficient (Wildman–Crippen LogP) is 5.33. The maximum Gasteiger partial charge on any atom is 0.155 e. The Kier molecular flexibility index (Phi) is 2.73. The number of hydrogen-bond acceptors (Lipinski definition) is 5. The number of rotatable bonds is 2. The number of aryl methyl sites for hydroxylation is 4. The highest BCUT2D eigenvalue weighted by atomic mass is 16.3. The molecule has 0 aliphatic heterocycles. The van der Waals surface area contributed by atoms with Crippen LogP contribution in [0.1, 0.15) is 36.6 Å². The predicted molar refractivity (Wildman–Crippen MR) is 116 cm³/mol. The van der Waals surface area contributed by atoms with E-state index in [-0.39, 0.29) is 16.8 Å². The fourth-order valence-electron chi connectivity index (χ4n) is 3.77. The second-order valence-corrected chi connectivity index (χ2v) is 6.98. The standard InChI is InChI=1S/C24H19N5O/c1-13-10-21(26-12-14(13)2)19-7-5-6-17-18-8-9-22(29-15(3)27-28-16(29)4)20(11-25)24(18)30-23(17)19/h5-10,12H,1-4H3/i1D3,2D3. The van der Waals surface area contributed by atoms with Crippen LogP contribution in [0.2, 0.25) is 0 Å². The highest BCUT2D eigenvalue weighted by Gasteiger charge is 2.20. The van der Waals surface area contributed by atoms with Gasteiger partial charge in [-0.2, -0.15) is 5.26 Å². The summed E-state index contributed by atoms with van der Waals surface area (Å²) in [6.07, 6.45) is 1.09. The maximum atomic E-state index is 10.0. The average Bonchev–Trinajstić information content (AvgIpc) is 3.36. The number of aromatic nitrogens is 4. The summed E-state index contributed by atoms with van der Waals surface area (Å²) >= 11 is 0. The van der Waals surface area contributed by atoms with Crippen molar-refractivity contribution in [2.75, 3.05) is 0 Å². The molecular formula is C24H19N5O. The quantitative estimate of drug-likeness (QED) is 0.400. The van der Waals surface area contributed by atoms with Crippen molar-refractivity contribution in [3.63, 3.8) is 0 Å². The summed E-state index contributed by atoms with van der Waals surface area (Å²) in [5, 5.41) is 19.6. The van der Waals surface area contributed by atoms with E-state index in [0.717, 1.165) is 6.20 Å². The minimum atomic E-state index is -2.65. The summed E-state index contributed by atoms with van der Waals surface area (Å²) in [5.74, 6) is 1.24. The minimum Gasteiger partial charge on any atom is -0.454 e. The normalized spacial score (nSPS) is 15.1. The van der Waals surface area contributed by atoms with Gasteiger partial charge in [0, 0.05) is 30.8 Å². The topological polar surface area (TPSA) is 80.5 Å². The molecule has 0 saturated heterocycles. The Morgan fingerprint density at radius 3 is 2.50 bits per heavy atom. The van der Waals surface area contributed by atoms with Crippen LogP contribution in [0.3, 0.4) is 0 Å². The van der Waals surface area contributed by atoms with Gasteiger partial charge in [-0.1, -0.05) is 12.1 Å². The monoisotopic (exact) mass is 399 g/mol. The first-order valence-electron chi connectivity index (χ1n) is 12.2. The Morgan fingerprint density at radius 1 is 1.00 bits per heavy atom. The molecule has 5 rings (SSSR count). The number of para-hydroxylation sites is 1. The molecule has 0 amide bonds. The van der Waals surface area contributed by atoms with Crippen LogP contribution >= 0.6 is 0 Å². The van der Waals surface area contributed by atoms with Crippen molar-refractivity contribution in [1.29, 1.82) is 5.26 Å². The SMILES string of the molecule is [2H]C([2H])([2H])c1cnc(-c2cccc3c2oc2c(C#N)c(-n4c(C)nnc4C)ccc23)cc1C([2H])([2H])[2H]. The van der Waals surface area contributed by atoms with E-state index in [1.54, 1.807) is 30.5 Å². The molecule has 3 heterocycles. The first kappa shape index (κ1) is 12.6. The molecule has 3 aromatic heterocycles. The Morgan fingerprint density at radius 2 is 1.77 bits per heavy atom. The molecule has 0 bridgehead atoms. The zero-order valence-corrected chi connectivity index (χ0v) is 16.2. The Bertz CT molecular complexity index is 1690. The minimum absolute atomic E-state index is 0.253. The van der Waals surface area contributed by atoms with Gasteiger partial charge in [0.25, 0.3) is 0 Å². The third kappa shape index (κ3) is 2.52. The summed E-state index contributed by atoms with van der Waals surface area (Å²) in [4.78, 5) is 4.28. The van der Waals surface area contributed by atoms with E-state index < -0.39 is 13.7 Å². The molecule has 0 fully saturated rings. The average molecular weight is 399 g/mol. The number of furan rings is 1. The highest BCUT2D eigenvalue weighted by molar-refractivity contribution is 6.11. The van der Waals surface area contributed by atoms with Gasteiger partial charge < -0.3 is 4.42 Å². The molecule has 0 aliphatic rings. The lowest BCUT2D eigenvalue weighted by Gasteiger charge is -2.08. The molecule has 2 aromatic carbocycles. The summed E-state index contributed by atoms with van der Waals surface area (Å²) in [6, 6.07) is 12.5. The van der Waals surface area contributed by atoms with Crippen LogP contribution in [0.4, 0.5) is 0 Å². The molecule has 0 saturated carbocycles. The van der Waals surface area contributed by atoms with Crippen molar-refractivity contribution < 1.29 is 12.6 Å². The zero-order chi connectivity index (χ0) is 26.0. The third-order valence-corrected chi connectivity index (χ3v) is 5.16. The number of nitrogens with zero attached hydrogens (tertiary/aromatic N) is 5. The molecule has 6 nitrogen and oxygen atoms in total. The molecule has 6 heteroatoms. The lowest BCUT2D eigenvalue weighted by Crippen LogP contribution is -2.02. The summed E-state index contributed by atoms with van der Waals surface area (Å²) in [5.41, 5.74) is 1.77. The summed E-state index contributed by atoms with van der Waals surface area (Å²) < 4.78 is 54.7. The molecule has 5 aromatic rings. The first-order chi connectivity index (χ1) is 16.9. The van der Waals surface area contributed by atoms with Gasteiger partial charge in [-0.05, 0) is 62.9 Å². The van der Waals surface area contributed by atoms with Crippen LogP contribution in [-0.4, -0.2) is 19.7 Å². The smallest absolute Gasteiger partial charge is 0.155 e. The molecule has 0 atom stereocenters. The third-order valence-electron chi connectivity index (χ3n) is 5.16. The van der Waals surface area contributed by atoms with E-state index in [4.69, 9.17) is 12.6 Å². The fraction of sp³-hybridized carbons (Fsp3) is 0.167. The lowest BCUT2D eigenvalue weighted by atomic mass is 10.0. The van der Waals surface area contributed by atoms with Crippen LogP contribution in [0, 0.1) is 38.9 Å². The van der Waals surface area contributed by atoms with Crippen molar-refractivity contribution in [3.05, 3.63) is 70.9 Å². The number of pyridine rings is 1. The van der Waals surface area contributed by atoms with E-state index in [9.17, 15) is 5.26 Å². The Balaban J connectivity index is 1.79. The summed E-state index contributed by atoms with van der Waals surface area (Å²) in [7, 11) is 0. The number of nitriles is 1. The van der Waals surface area contributed by atoms with Crippen molar-refractivity contribution in [2.24, 2.45) is 0 Å². The molecule has 0 N–H and O–H groups in total. The van der Waals surface area contributed by atoms with E-state index in [0.29, 0.717) is 50.4 Å². The van der Waals surface area contributed by atoms with Crippen LogP contribution in [0.25, 0.3) is 38.9 Å². The van der Waals surface area contributed by atoms with Crippen LogP contribution in [0.15, 0.2) is 47.0 Å². The molecule has 0 radical (unpaired) electrons. The Hall–Kier alpha value is -3.98. The molecular weight excluding hydrogens is 374 g/mol. The maximum absolute atomic E-state index is 10.0. The molecule has 0 unspecified atom stereocenters. The second-order valence-electron chi connectivity index (χ2n) is 6.98. The van der Waals surface area contributed by atoms with E-state index in [1.807, 2.05) is 18.2 Å². The fourth-order valence-corrected chi connectivity index (χ4v) is 3.77. The number of fused-ring (bicyclic) bond motifs is 3. The van der Waals surface area contributed by atoms with Crippen LogP contribution < -0.4 is 0 Å². The van der Waals surface area contributed by atoms with Gasteiger partial charge >= 0.3 is 0 Å². The van der Waals surface area contributed by atoms with Gasteiger partial charge in [0.2, 0.25) is 0 Å². The van der Waals surface area contributed by atoms with Crippen molar-refractivity contribution in [1.82, 2.24) is 19.7 Å².